The fourth-order valence-electron chi connectivity index (χ4n) is 2.28. The van der Waals surface area contributed by atoms with Crippen LogP contribution in [0.2, 0.25) is 0 Å². The van der Waals surface area contributed by atoms with Gasteiger partial charge in [0.25, 0.3) is 0 Å². The Kier molecular flexibility index (Phi) is 4.74. The topological polar surface area (TPSA) is 58.6 Å². The van der Waals surface area contributed by atoms with Gasteiger partial charge in [0.05, 0.1) is 12.6 Å². The van der Waals surface area contributed by atoms with Gasteiger partial charge in [0, 0.05) is 25.6 Å². The maximum absolute atomic E-state index is 12.0. The van der Waals surface area contributed by atoms with Gasteiger partial charge < -0.3 is 10.1 Å². The second kappa shape index (κ2) is 6.52. The molecule has 1 aliphatic heterocycles. The number of para-hydroxylation sites is 1. The average molecular weight is 276 g/mol. The number of piperidine rings is 1. The van der Waals surface area contributed by atoms with Crippen molar-refractivity contribution in [3.8, 4) is 5.75 Å². The van der Waals surface area contributed by atoms with Gasteiger partial charge >= 0.3 is 0 Å². The SMILES string of the molecule is CCOc1ccccc1CNC1CCC(=O)N(C)C1=O. The summed E-state index contributed by atoms with van der Waals surface area (Å²) in [5, 5.41) is 3.21. The van der Waals surface area contributed by atoms with Crippen LogP contribution in [-0.4, -0.2) is 36.4 Å². The van der Waals surface area contributed by atoms with E-state index < -0.39 is 0 Å². The summed E-state index contributed by atoms with van der Waals surface area (Å²) in [6.45, 7) is 3.10. The molecular weight excluding hydrogens is 256 g/mol. The van der Waals surface area contributed by atoms with Crippen molar-refractivity contribution in [2.24, 2.45) is 0 Å². The van der Waals surface area contributed by atoms with Crippen LogP contribution in [-0.2, 0) is 16.1 Å². The van der Waals surface area contributed by atoms with Crippen LogP contribution < -0.4 is 10.1 Å². The van der Waals surface area contributed by atoms with Gasteiger partial charge in [-0.2, -0.15) is 0 Å². The first kappa shape index (κ1) is 14.5. The Bertz CT molecular complexity index is 502. The Labute approximate surface area is 118 Å². The highest BCUT2D eigenvalue weighted by Gasteiger charge is 2.31. The van der Waals surface area contributed by atoms with E-state index in [2.05, 4.69) is 5.32 Å². The largest absolute Gasteiger partial charge is 0.494 e. The molecule has 108 valence electrons. The highest BCUT2D eigenvalue weighted by molar-refractivity contribution is 6.00. The van der Waals surface area contributed by atoms with Crippen LogP contribution in [0.15, 0.2) is 24.3 Å². The van der Waals surface area contributed by atoms with Gasteiger partial charge in [0.2, 0.25) is 11.8 Å². The number of rotatable bonds is 5. The molecule has 5 heteroatoms. The number of nitrogens with one attached hydrogen (secondary N) is 1. The van der Waals surface area contributed by atoms with E-state index in [1.54, 1.807) is 0 Å². The Morgan fingerprint density at radius 3 is 2.85 bits per heavy atom. The van der Waals surface area contributed by atoms with Crippen LogP contribution in [0.25, 0.3) is 0 Å². The molecule has 1 saturated heterocycles. The number of amides is 2. The van der Waals surface area contributed by atoms with Crippen LogP contribution in [0.3, 0.4) is 0 Å². The molecule has 0 radical (unpaired) electrons. The molecule has 1 aromatic rings. The minimum absolute atomic E-state index is 0.109. The molecule has 5 nitrogen and oxygen atoms in total. The molecule has 1 heterocycles. The summed E-state index contributed by atoms with van der Waals surface area (Å²) in [7, 11) is 1.53. The second-order valence-electron chi connectivity index (χ2n) is 4.80. The zero-order valence-corrected chi connectivity index (χ0v) is 11.9. The molecular formula is C15H20N2O3. The number of carbonyl (C=O) groups excluding carboxylic acids is 2. The standard InChI is InChI=1S/C15H20N2O3/c1-3-20-13-7-5-4-6-11(13)10-16-12-8-9-14(18)17(2)15(12)19/h4-7,12,16H,3,8-10H2,1-2H3. The molecule has 1 aliphatic rings. The lowest BCUT2D eigenvalue weighted by atomic mass is 10.0. The molecule has 0 spiro atoms. The third-order valence-electron chi connectivity index (χ3n) is 3.46. The smallest absolute Gasteiger partial charge is 0.246 e. The molecule has 0 bridgehead atoms. The zero-order chi connectivity index (χ0) is 14.5. The Balaban J connectivity index is 1.99. The molecule has 1 atom stereocenters. The van der Waals surface area contributed by atoms with Crippen molar-refractivity contribution in [3.05, 3.63) is 29.8 Å². The van der Waals surface area contributed by atoms with E-state index in [-0.39, 0.29) is 17.9 Å². The Hall–Kier alpha value is -1.88. The summed E-state index contributed by atoms with van der Waals surface area (Å²) in [4.78, 5) is 24.6. The minimum atomic E-state index is -0.299. The van der Waals surface area contributed by atoms with E-state index in [4.69, 9.17) is 4.74 Å². The number of hydrogen-bond acceptors (Lipinski definition) is 4. The van der Waals surface area contributed by atoms with Crippen LogP contribution in [0.1, 0.15) is 25.3 Å². The lowest BCUT2D eigenvalue weighted by Crippen LogP contribution is -2.51. The van der Waals surface area contributed by atoms with Gasteiger partial charge in [-0.3, -0.25) is 14.5 Å². The van der Waals surface area contributed by atoms with E-state index in [1.165, 1.54) is 11.9 Å². The fraction of sp³-hybridized carbons (Fsp3) is 0.467. The zero-order valence-electron chi connectivity index (χ0n) is 11.9. The number of likely N-dealkylation sites (N-methyl/N-ethyl adjacent to an activating group) is 1. The normalized spacial score (nSPS) is 19.3. The quantitative estimate of drug-likeness (QED) is 0.824. The first-order chi connectivity index (χ1) is 9.63. The van der Waals surface area contributed by atoms with Gasteiger partial charge in [0.1, 0.15) is 5.75 Å². The van der Waals surface area contributed by atoms with E-state index in [0.29, 0.717) is 26.0 Å². The lowest BCUT2D eigenvalue weighted by molar-refractivity contribution is -0.148. The molecule has 0 saturated carbocycles. The maximum Gasteiger partial charge on any atom is 0.246 e. The molecule has 1 aromatic carbocycles. The predicted molar refractivity (Wildman–Crippen MR) is 75.2 cm³/mol. The summed E-state index contributed by atoms with van der Waals surface area (Å²) >= 11 is 0. The number of benzene rings is 1. The number of carbonyl (C=O) groups is 2. The second-order valence-corrected chi connectivity index (χ2v) is 4.80. The summed E-state index contributed by atoms with van der Waals surface area (Å²) in [6.07, 6.45) is 0.964. The number of likely N-dealkylation sites (tertiary alicyclic amines) is 1. The molecule has 0 aromatic heterocycles. The lowest BCUT2D eigenvalue weighted by Gasteiger charge is -2.28. The van der Waals surface area contributed by atoms with E-state index in [1.807, 2.05) is 31.2 Å². The molecule has 1 fully saturated rings. The highest BCUT2D eigenvalue weighted by atomic mass is 16.5. The number of ether oxygens (including phenoxy) is 1. The summed E-state index contributed by atoms with van der Waals surface area (Å²) in [5.74, 6) is 0.563. The molecule has 0 aliphatic carbocycles. The van der Waals surface area contributed by atoms with Crippen molar-refractivity contribution in [2.75, 3.05) is 13.7 Å². The Morgan fingerprint density at radius 1 is 1.35 bits per heavy atom. The van der Waals surface area contributed by atoms with Crippen molar-refractivity contribution < 1.29 is 14.3 Å². The Morgan fingerprint density at radius 2 is 2.10 bits per heavy atom. The van der Waals surface area contributed by atoms with Gasteiger partial charge in [0.15, 0.2) is 0 Å². The van der Waals surface area contributed by atoms with Gasteiger partial charge in [-0.1, -0.05) is 18.2 Å². The predicted octanol–water partition coefficient (Wildman–Crippen LogP) is 1.32. The summed E-state index contributed by atoms with van der Waals surface area (Å²) in [5.41, 5.74) is 1.02. The van der Waals surface area contributed by atoms with Crippen molar-refractivity contribution in [2.45, 2.75) is 32.4 Å². The molecule has 20 heavy (non-hydrogen) atoms. The van der Waals surface area contributed by atoms with Crippen molar-refractivity contribution in [1.29, 1.82) is 0 Å². The third-order valence-corrected chi connectivity index (χ3v) is 3.46. The van der Waals surface area contributed by atoms with Gasteiger partial charge in [-0.05, 0) is 19.4 Å². The third kappa shape index (κ3) is 3.17. The molecule has 2 rings (SSSR count). The molecule has 1 N–H and O–H groups in total. The number of imide groups is 1. The van der Waals surface area contributed by atoms with Crippen molar-refractivity contribution >= 4 is 11.8 Å². The molecule has 2 amide bonds. The van der Waals surface area contributed by atoms with E-state index >= 15 is 0 Å². The van der Waals surface area contributed by atoms with Gasteiger partial charge in [-0.25, -0.2) is 0 Å². The number of nitrogens with zero attached hydrogens (tertiary/aromatic N) is 1. The van der Waals surface area contributed by atoms with Crippen molar-refractivity contribution in [3.63, 3.8) is 0 Å². The van der Waals surface area contributed by atoms with Crippen LogP contribution in [0.4, 0.5) is 0 Å². The van der Waals surface area contributed by atoms with Gasteiger partial charge in [-0.15, -0.1) is 0 Å². The van der Waals surface area contributed by atoms with E-state index in [9.17, 15) is 9.59 Å². The maximum atomic E-state index is 12.0. The van der Waals surface area contributed by atoms with Crippen molar-refractivity contribution in [1.82, 2.24) is 10.2 Å². The number of hydrogen-bond donors (Lipinski definition) is 1. The first-order valence-electron chi connectivity index (χ1n) is 6.88. The molecule has 1 unspecified atom stereocenters. The average Bonchev–Trinajstić information content (AvgIpc) is 2.46. The fourth-order valence-corrected chi connectivity index (χ4v) is 2.28. The minimum Gasteiger partial charge on any atom is -0.494 e. The first-order valence-corrected chi connectivity index (χ1v) is 6.88. The monoisotopic (exact) mass is 276 g/mol. The summed E-state index contributed by atoms with van der Waals surface area (Å²) in [6, 6.07) is 7.45. The van der Waals surface area contributed by atoms with E-state index in [0.717, 1.165) is 11.3 Å². The van der Waals surface area contributed by atoms with Crippen LogP contribution in [0.5, 0.6) is 5.75 Å². The van der Waals surface area contributed by atoms with Crippen LogP contribution in [0, 0.1) is 0 Å². The summed E-state index contributed by atoms with van der Waals surface area (Å²) < 4.78 is 5.55. The highest BCUT2D eigenvalue weighted by Crippen LogP contribution is 2.19. The van der Waals surface area contributed by atoms with Crippen LogP contribution >= 0.6 is 0 Å².